The van der Waals surface area contributed by atoms with Crippen LogP contribution in [-0.2, 0) is 49.3 Å². The molecule has 74 heavy (non-hydrogen) atoms. The van der Waals surface area contributed by atoms with E-state index >= 15 is 0 Å². The summed E-state index contributed by atoms with van der Waals surface area (Å²) in [6.07, 6.45) is 5.59. The third-order valence-electron chi connectivity index (χ3n) is 13.4. The number of benzene rings is 8. The molecule has 0 fully saturated rings. The topological polar surface area (TPSA) is 36.9 Å². The Morgan fingerprint density at radius 2 is 0.527 bits per heavy atom. The highest BCUT2D eigenvalue weighted by Crippen LogP contribution is 2.48. The summed E-state index contributed by atoms with van der Waals surface area (Å²) in [5.74, 6) is 3.52. The fourth-order valence-corrected chi connectivity index (χ4v) is 18.8. The molecule has 0 amide bonds. The summed E-state index contributed by atoms with van der Waals surface area (Å²) in [5, 5.41) is 6.80. The zero-order chi connectivity index (χ0) is 51.7. The maximum atomic E-state index is 7.15. The predicted octanol–water partition coefficient (Wildman–Crippen LogP) is 14.6. The number of ether oxygens (including phenoxy) is 4. The molecular formula is C64H64Br2O4P2S2. The van der Waals surface area contributed by atoms with Gasteiger partial charge >= 0.3 is 0 Å². The van der Waals surface area contributed by atoms with Crippen LogP contribution in [0.25, 0.3) is 0 Å². The normalized spacial score (nSPS) is 12.5. The first-order chi connectivity index (χ1) is 36.1. The van der Waals surface area contributed by atoms with Crippen LogP contribution in [0.5, 0.6) is 23.0 Å². The Labute approximate surface area is 466 Å². The Morgan fingerprint density at radius 1 is 0.324 bits per heavy atom. The van der Waals surface area contributed by atoms with Crippen LogP contribution in [0, 0.1) is 0 Å². The number of hydrogen-bond donors (Lipinski definition) is 0. The predicted molar refractivity (Wildman–Crippen MR) is 328 cm³/mol. The van der Waals surface area contributed by atoms with Crippen LogP contribution < -0.4 is 50.8 Å². The van der Waals surface area contributed by atoms with E-state index in [-0.39, 0.29) is 0 Å². The Bertz CT molecular complexity index is 2910. The first-order valence-electron chi connectivity index (χ1n) is 26.0. The van der Waals surface area contributed by atoms with E-state index in [2.05, 4.69) is 229 Å². The van der Waals surface area contributed by atoms with Crippen molar-refractivity contribution < 1.29 is 18.9 Å². The summed E-state index contributed by atoms with van der Waals surface area (Å²) in [6.45, 7) is 10.9. The van der Waals surface area contributed by atoms with E-state index in [0.717, 1.165) is 134 Å². The van der Waals surface area contributed by atoms with Gasteiger partial charge in [-0.3, -0.25) is 0 Å². The van der Waals surface area contributed by atoms with Crippen molar-refractivity contribution in [3.05, 3.63) is 223 Å². The third-order valence-corrected chi connectivity index (χ3v) is 24.2. The molecule has 10 heteroatoms. The second-order valence-electron chi connectivity index (χ2n) is 19.0. The van der Waals surface area contributed by atoms with Gasteiger partial charge in [0.15, 0.2) is 0 Å². The molecule has 0 aromatic heterocycles. The van der Waals surface area contributed by atoms with Crippen molar-refractivity contribution in [2.24, 2.45) is 0 Å². The van der Waals surface area contributed by atoms with Crippen molar-refractivity contribution in [1.82, 2.24) is 0 Å². The second-order valence-corrected chi connectivity index (χ2v) is 29.6. The number of halogens is 2. The Hall–Kier alpha value is -4.78. The molecule has 8 bridgehead atoms. The van der Waals surface area contributed by atoms with Gasteiger partial charge in [0.2, 0.25) is 0 Å². The highest BCUT2D eigenvalue weighted by Gasteiger charge is 2.32. The minimum absolute atomic E-state index is 0.542. The molecule has 380 valence electrons. The van der Waals surface area contributed by atoms with Crippen molar-refractivity contribution in [2.45, 2.75) is 79.1 Å². The molecule has 8 aromatic rings. The molecule has 0 heterocycles. The van der Waals surface area contributed by atoms with E-state index in [1.165, 1.54) is 0 Å². The Morgan fingerprint density at radius 3 is 0.730 bits per heavy atom. The molecule has 9 rings (SSSR count). The monoisotopic (exact) mass is 1180 g/mol. The molecule has 8 aromatic carbocycles. The summed E-state index contributed by atoms with van der Waals surface area (Å²) in [5.41, 5.74) is 8.53. The van der Waals surface area contributed by atoms with Gasteiger partial charge in [-0.2, -0.15) is 0 Å². The largest absolute Gasteiger partial charge is 0.493 e. The van der Waals surface area contributed by atoms with E-state index in [1.807, 2.05) is 0 Å². The first-order valence-corrected chi connectivity index (χ1v) is 33.2. The van der Waals surface area contributed by atoms with E-state index in [4.69, 9.17) is 42.6 Å². The molecule has 0 saturated heterocycles. The van der Waals surface area contributed by atoms with Gasteiger partial charge in [0.25, 0.3) is 0 Å². The molecule has 0 atom stereocenters. The minimum Gasteiger partial charge on any atom is -0.493 e. The van der Waals surface area contributed by atoms with Gasteiger partial charge in [-0.25, -0.2) is 0 Å². The molecular weight excluding hydrogens is 1120 g/mol. The molecule has 0 spiro atoms. The minimum atomic E-state index is -2.63. The van der Waals surface area contributed by atoms with Gasteiger partial charge in [0.1, 0.15) is 23.0 Å². The number of hydrogen-bond acceptors (Lipinski definition) is 6. The molecule has 1 aliphatic carbocycles. The summed E-state index contributed by atoms with van der Waals surface area (Å²) >= 11 is 22.4. The zero-order valence-electron chi connectivity index (χ0n) is 42.8. The number of fused-ring (bicyclic) bond motifs is 8. The summed E-state index contributed by atoms with van der Waals surface area (Å²) < 4.78 is 30.1. The van der Waals surface area contributed by atoms with Crippen molar-refractivity contribution >= 4 is 99.4 Å². The van der Waals surface area contributed by atoms with Crippen LogP contribution in [0.1, 0.15) is 97.9 Å². The number of rotatable bonds is 18. The maximum absolute atomic E-state index is 7.15. The SMILES string of the molecule is CCCOc1c2cc(Br)cc1Cc1cc(P(=S)(c3ccccc3)c3ccccc3)cc(c1OCCC)Cc1cc(Br)cc(c1OCCC)Cc1cc(P(=S)(c3ccccc3)c3ccccc3)cc(c1OCCC)C2. The summed E-state index contributed by atoms with van der Waals surface area (Å²) in [7, 11) is 0. The van der Waals surface area contributed by atoms with Crippen LogP contribution in [0.3, 0.4) is 0 Å². The van der Waals surface area contributed by atoms with Gasteiger partial charge in [0.05, 0.1) is 26.4 Å². The van der Waals surface area contributed by atoms with Crippen molar-refractivity contribution in [2.75, 3.05) is 26.4 Å². The van der Waals surface area contributed by atoms with Gasteiger partial charge in [0, 0.05) is 69.0 Å². The molecule has 0 radical (unpaired) electrons. The van der Waals surface area contributed by atoms with Crippen molar-refractivity contribution in [1.29, 1.82) is 0 Å². The van der Waals surface area contributed by atoms with Crippen LogP contribution in [0.4, 0.5) is 0 Å². The molecule has 0 N–H and O–H groups in total. The standard InChI is InChI=1S/C64H64Br2O4P2S2/c1-5-29-67-61-45-33-49-41-59(71(73,55-21-13-9-14-22-55)56-23-15-10-16-24-56)43-51(63(49)69-31-7-3)35-47-39-54(66)40-48(62(47)68-30-6-2)36-52-44-60(42-50(64(52)70-32-8-4)34-46(61)38-53(65)37-45)72(74,57-25-17-11-18-26-57)58-27-19-12-20-28-58/h9-28,37-44H,5-8,29-36H2,1-4H3. The second kappa shape index (κ2) is 24.9. The first kappa shape index (κ1) is 54.0. The van der Waals surface area contributed by atoms with Gasteiger partial charge < -0.3 is 18.9 Å². The molecule has 4 nitrogen and oxygen atoms in total. The molecule has 0 saturated carbocycles. The van der Waals surface area contributed by atoms with Crippen LogP contribution >= 0.6 is 43.9 Å². The van der Waals surface area contributed by atoms with E-state index in [0.29, 0.717) is 52.1 Å². The Balaban J connectivity index is 1.39. The van der Waals surface area contributed by atoms with E-state index in [9.17, 15) is 0 Å². The van der Waals surface area contributed by atoms with Crippen LogP contribution in [0.2, 0.25) is 0 Å². The van der Waals surface area contributed by atoms with Crippen molar-refractivity contribution in [3.8, 4) is 23.0 Å². The maximum Gasteiger partial charge on any atom is 0.126 e. The average molecular weight is 1180 g/mol. The lowest BCUT2D eigenvalue weighted by Gasteiger charge is -2.28. The van der Waals surface area contributed by atoms with Gasteiger partial charge in [-0.15, -0.1) is 0 Å². The van der Waals surface area contributed by atoms with Crippen molar-refractivity contribution in [3.63, 3.8) is 0 Å². The third kappa shape index (κ3) is 11.6. The van der Waals surface area contributed by atoms with E-state index < -0.39 is 12.1 Å². The fraction of sp³-hybridized carbons (Fsp3) is 0.250. The van der Waals surface area contributed by atoms with Crippen LogP contribution in [0.15, 0.2) is 179 Å². The lowest BCUT2D eigenvalue weighted by atomic mass is 9.91. The quantitative estimate of drug-likeness (QED) is 0.0797. The molecule has 0 aliphatic heterocycles. The van der Waals surface area contributed by atoms with E-state index in [1.54, 1.807) is 0 Å². The Kier molecular flexibility index (Phi) is 18.2. The lowest BCUT2D eigenvalue weighted by Crippen LogP contribution is -2.26. The van der Waals surface area contributed by atoms with Crippen LogP contribution in [-0.4, -0.2) is 26.4 Å². The average Bonchev–Trinajstić information content (AvgIpc) is 3.43. The highest BCUT2D eigenvalue weighted by atomic mass is 79.9. The smallest absolute Gasteiger partial charge is 0.126 e. The molecule has 0 unspecified atom stereocenters. The van der Waals surface area contributed by atoms with Gasteiger partial charge in [-0.1, -0.05) is 204 Å². The zero-order valence-corrected chi connectivity index (χ0v) is 49.3. The molecule has 1 aliphatic rings. The highest BCUT2D eigenvalue weighted by molar-refractivity contribution is 9.10. The summed E-state index contributed by atoms with van der Waals surface area (Å²) in [4.78, 5) is 0. The lowest BCUT2D eigenvalue weighted by molar-refractivity contribution is 0.304. The summed E-state index contributed by atoms with van der Waals surface area (Å²) in [6, 6.07) is 56.0. The van der Waals surface area contributed by atoms with Gasteiger partial charge in [-0.05, 0) is 128 Å². The fourth-order valence-electron chi connectivity index (χ4n) is 10.1.